The number of urea groups is 1. The third-order valence-electron chi connectivity index (χ3n) is 4.55. The number of nitrogens with zero attached hydrogens (tertiary/aromatic N) is 1. The summed E-state index contributed by atoms with van der Waals surface area (Å²) >= 11 is 1.64. The van der Waals surface area contributed by atoms with Gasteiger partial charge in [-0.25, -0.2) is 9.78 Å². The van der Waals surface area contributed by atoms with Crippen molar-refractivity contribution in [1.82, 2.24) is 4.98 Å². The summed E-state index contributed by atoms with van der Waals surface area (Å²) in [5.74, 6) is -0.268. The average Bonchev–Trinajstić information content (AvgIpc) is 3.20. The molecule has 7 heteroatoms. The molecule has 3 aromatic carbocycles. The molecule has 1 heterocycles. The Hall–Kier alpha value is -3.71. The highest BCUT2D eigenvalue weighted by Gasteiger charge is 2.08. The van der Waals surface area contributed by atoms with E-state index >= 15 is 0 Å². The highest BCUT2D eigenvalue weighted by atomic mass is 32.1. The first-order valence-electron chi connectivity index (χ1n) is 9.89. The molecule has 0 atom stereocenters. The molecule has 0 aliphatic carbocycles. The third kappa shape index (κ3) is 5.26. The number of thiazole rings is 1. The monoisotopic (exact) mass is 431 g/mol. The maximum atomic E-state index is 12.3. The van der Waals surface area contributed by atoms with E-state index in [9.17, 15) is 9.59 Å². The van der Waals surface area contributed by atoms with Crippen molar-refractivity contribution >= 4 is 44.9 Å². The van der Waals surface area contributed by atoms with Crippen LogP contribution in [-0.2, 0) is 16.0 Å². The minimum Gasteiger partial charge on any atom is -0.466 e. The summed E-state index contributed by atoms with van der Waals surface area (Å²) in [7, 11) is 0. The molecule has 0 bridgehead atoms. The molecule has 6 nitrogen and oxygen atoms in total. The lowest BCUT2D eigenvalue weighted by Crippen LogP contribution is -2.19. The molecule has 0 saturated heterocycles. The van der Waals surface area contributed by atoms with Crippen molar-refractivity contribution in [2.75, 3.05) is 17.2 Å². The van der Waals surface area contributed by atoms with E-state index in [1.807, 2.05) is 42.5 Å². The number of nitrogens with one attached hydrogen (secondary N) is 2. The lowest BCUT2D eigenvalue weighted by Gasteiger charge is -2.09. The van der Waals surface area contributed by atoms with Gasteiger partial charge in [0.15, 0.2) is 0 Å². The molecule has 2 N–H and O–H groups in total. The molecule has 0 radical (unpaired) electrons. The predicted molar refractivity (Wildman–Crippen MR) is 124 cm³/mol. The normalized spacial score (nSPS) is 10.6. The van der Waals surface area contributed by atoms with Crippen LogP contribution in [0.4, 0.5) is 16.2 Å². The number of aromatic nitrogens is 1. The maximum absolute atomic E-state index is 12.3. The molecule has 156 valence electrons. The van der Waals surface area contributed by atoms with Crippen molar-refractivity contribution in [2.24, 2.45) is 0 Å². The van der Waals surface area contributed by atoms with Gasteiger partial charge in [-0.2, -0.15) is 0 Å². The second-order valence-electron chi connectivity index (χ2n) is 6.82. The van der Waals surface area contributed by atoms with Gasteiger partial charge in [0.05, 0.1) is 23.2 Å². The summed E-state index contributed by atoms with van der Waals surface area (Å²) in [5, 5.41) is 6.55. The molecule has 0 aliphatic heterocycles. The highest BCUT2D eigenvalue weighted by Crippen LogP contribution is 2.30. The van der Waals surface area contributed by atoms with Crippen LogP contribution in [0.5, 0.6) is 0 Å². The first-order chi connectivity index (χ1) is 15.1. The smallest absolute Gasteiger partial charge is 0.323 e. The van der Waals surface area contributed by atoms with Gasteiger partial charge in [-0.3, -0.25) is 4.79 Å². The number of ether oxygens (including phenoxy) is 1. The van der Waals surface area contributed by atoms with Crippen LogP contribution >= 0.6 is 11.3 Å². The Morgan fingerprint density at radius 2 is 1.55 bits per heavy atom. The van der Waals surface area contributed by atoms with E-state index in [1.165, 1.54) is 0 Å². The Bertz CT molecular complexity index is 1170. The van der Waals surface area contributed by atoms with E-state index in [2.05, 4.69) is 21.7 Å². The number of fused-ring (bicyclic) bond motifs is 1. The molecule has 4 aromatic rings. The van der Waals surface area contributed by atoms with Crippen molar-refractivity contribution in [2.45, 2.75) is 13.3 Å². The van der Waals surface area contributed by atoms with E-state index in [-0.39, 0.29) is 18.4 Å². The van der Waals surface area contributed by atoms with Gasteiger partial charge in [0.25, 0.3) is 0 Å². The molecule has 0 saturated carbocycles. The maximum Gasteiger partial charge on any atom is 0.323 e. The lowest BCUT2D eigenvalue weighted by atomic mass is 10.1. The second-order valence-corrected chi connectivity index (χ2v) is 7.85. The number of amides is 2. The van der Waals surface area contributed by atoms with Crippen LogP contribution in [0.15, 0.2) is 72.8 Å². The molecule has 4 rings (SSSR count). The largest absolute Gasteiger partial charge is 0.466 e. The summed E-state index contributed by atoms with van der Waals surface area (Å²) in [6.07, 6.45) is 0.210. The number of hydrogen-bond donors (Lipinski definition) is 2. The standard InChI is InChI=1S/C24H21N3O3S/c1-2-30-22(28)15-16-7-11-18(12-8-16)25-24(29)26-19-13-9-17(10-14-19)23-27-20-5-3-4-6-21(20)31-23/h3-14H,2,15H2,1H3,(H2,25,26,29). The number of hydrogen-bond acceptors (Lipinski definition) is 5. The zero-order valence-corrected chi connectivity index (χ0v) is 17.7. The summed E-state index contributed by atoms with van der Waals surface area (Å²) in [6, 6.07) is 22.4. The lowest BCUT2D eigenvalue weighted by molar-refractivity contribution is -0.142. The molecule has 0 unspecified atom stereocenters. The summed E-state index contributed by atoms with van der Waals surface area (Å²) in [6.45, 7) is 2.14. The number of anilines is 2. The van der Waals surface area contributed by atoms with E-state index < -0.39 is 0 Å². The van der Waals surface area contributed by atoms with Gasteiger partial charge in [-0.05, 0) is 61.0 Å². The van der Waals surface area contributed by atoms with Gasteiger partial charge in [-0.1, -0.05) is 24.3 Å². The van der Waals surface area contributed by atoms with E-state index in [0.29, 0.717) is 18.0 Å². The Kier molecular flexibility index (Phi) is 6.24. The quantitative estimate of drug-likeness (QED) is 0.383. The SMILES string of the molecule is CCOC(=O)Cc1ccc(NC(=O)Nc2ccc(-c3nc4ccccc4s3)cc2)cc1. The van der Waals surface area contributed by atoms with Crippen LogP contribution in [0.3, 0.4) is 0 Å². The van der Waals surface area contributed by atoms with Gasteiger partial charge >= 0.3 is 12.0 Å². The zero-order chi connectivity index (χ0) is 21.6. The molecule has 0 aliphatic rings. The van der Waals surface area contributed by atoms with Crippen LogP contribution in [0.1, 0.15) is 12.5 Å². The first-order valence-corrected chi connectivity index (χ1v) is 10.7. The van der Waals surface area contributed by atoms with Crippen molar-refractivity contribution in [1.29, 1.82) is 0 Å². The van der Waals surface area contributed by atoms with Crippen LogP contribution in [0.2, 0.25) is 0 Å². The molecule has 0 spiro atoms. The summed E-state index contributed by atoms with van der Waals surface area (Å²) in [5.41, 5.74) is 4.13. The number of carbonyl (C=O) groups excluding carboxylic acids is 2. The van der Waals surface area contributed by atoms with Gasteiger partial charge in [0.2, 0.25) is 0 Å². The molecule has 2 amide bonds. The third-order valence-corrected chi connectivity index (χ3v) is 5.63. The van der Waals surface area contributed by atoms with E-state index in [0.717, 1.165) is 26.4 Å². The molecule has 31 heavy (non-hydrogen) atoms. The Morgan fingerprint density at radius 1 is 0.903 bits per heavy atom. The minimum absolute atomic E-state index is 0.210. The minimum atomic E-state index is -0.342. The Labute approximate surface area is 183 Å². The van der Waals surface area contributed by atoms with Gasteiger partial charge in [0.1, 0.15) is 5.01 Å². The van der Waals surface area contributed by atoms with Crippen molar-refractivity contribution in [3.05, 3.63) is 78.4 Å². The fourth-order valence-electron chi connectivity index (χ4n) is 3.07. The van der Waals surface area contributed by atoms with Gasteiger partial charge in [-0.15, -0.1) is 11.3 Å². The predicted octanol–water partition coefficient (Wildman–Crippen LogP) is 5.71. The molecule has 1 aromatic heterocycles. The zero-order valence-electron chi connectivity index (χ0n) is 16.9. The van der Waals surface area contributed by atoms with E-state index in [1.54, 1.807) is 42.5 Å². The fraction of sp³-hybridized carbons (Fsp3) is 0.125. The molecule has 0 fully saturated rings. The highest BCUT2D eigenvalue weighted by molar-refractivity contribution is 7.21. The fourth-order valence-corrected chi connectivity index (χ4v) is 4.04. The van der Waals surface area contributed by atoms with Gasteiger partial charge < -0.3 is 15.4 Å². The van der Waals surface area contributed by atoms with E-state index in [4.69, 9.17) is 4.74 Å². The van der Waals surface area contributed by atoms with Crippen LogP contribution < -0.4 is 10.6 Å². The number of esters is 1. The number of carbonyl (C=O) groups is 2. The summed E-state index contributed by atoms with van der Waals surface area (Å²) in [4.78, 5) is 28.5. The van der Waals surface area contributed by atoms with Crippen LogP contribution in [0.25, 0.3) is 20.8 Å². The van der Waals surface area contributed by atoms with Crippen LogP contribution in [0, 0.1) is 0 Å². The van der Waals surface area contributed by atoms with Gasteiger partial charge in [0, 0.05) is 16.9 Å². The Balaban J connectivity index is 1.35. The topological polar surface area (TPSA) is 80.3 Å². The molecular formula is C24H21N3O3S. The average molecular weight is 432 g/mol. The van der Waals surface area contributed by atoms with Crippen molar-refractivity contribution in [3.63, 3.8) is 0 Å². The number of benzene rings is 3. The van der Waals surface area contributed by atoms with Crippen molar-refractivity contribution < 1.29 is 14.3 Å². The first kappa shape index (κ1) is 20.6. The number of rotatable bonds is 6. The van der Waals surface area contributed by atoms with Crippen molar-refractivity contribution in [3.8, 4) is 10.6 Å². The summed E-state index contributed by atoms with van der Waals surface area (Å²) < 4.78 is 6.08. The molecular weight excluding hydrogens is 410 g/mol. The van der Waals surface area contributed by atoms with Crippen LogP contribution in [-0.4, -0.2) is 23.6 Å². The Morgan fingerprint density at radius 3 is 2.19 bits per heavy atom. The second kappa shape index (κ2) is 9.40. The number of para-hydroxylation sites is 1.